The molecule has 2 heterocycles. The summed E-state index contributed by atoms with van der Waals surface area (Å²) in [7, 11) is 0. The van der Waals surface area contributed by atoms with Crippen LogP contribution in [0.4, 0.5) is 25.8 Å². The number of piperazine rings is 1. The molecule has 1 amide bonds. The summed E-state index contributed by atoms with van der Waals surface area (Å²) in [5.74, 6) is -1.40. The van der Waals surface area contributed by atoms with Crippen LogP contribution in [0.1, 0.15) is 10.4 Å². The molecule has 158 valence electrons. The third-order valence-electron chi connectivity index (χ3n) is 5.51. The van der Waals surface area contributed by atoms with Crippen LogP contribution < -0.4 is 15.0 Å². The van der Waals surface area contributed by atoms with Gasteiger partial charge in [0.1, 0.15) is 11.6 Å². The number of hydrogen-bond acceptors (Lipinski definition) is 5. The number of carbonyl (C=O) groups excluding carboxylic acids is 1. The summed E-state index contributed by atoms with van der Waals surface area (Å²) < 4.78 is 32.7. The van der Waals surface area contributed by atoms with Crippen molar-refractivity contribution < 1.29 is 23.5 Å². The van der Waals surface area contributed by atoms with Crippen LogP contribution in [0.2, 0.25) is 0 Å². The molecule has 1 N–H and O–H groups in total. The van der Waals surface area contributed by atoms with Gasteiger partial charge < -0.3 is 19.4 Å². The molecule has 0 atom stereocenters. The molecule has 0 spiro atoms. The Bertz CT molecular complexity index is 942. The van der Waals surface area contributed by atoms with Gasteiger partial charge in [0.15, 0.2) is 0 Å². The van der Waals surface area contributed by atoms with Gasteiger partial charge in [0.25, 0.3) is 11.6 Å². The zero-order valence-electron chi connectivity index (χ0n) is 16.4. The first kappa shape index (κ1) is 20.2. The number of nitroso groups, excluding NO2 is 1. The lowest BCUT2D eigenvalue weighted by Crippen LogP contribution is -2.56. The van der Waals surface area contributed by atoms with Crippen molar-refractivity contribution >= 4 is 23.0 Å². The summed E-state index contributed by atoms with van der Waals surface area (Å²) in [6.07, 6.45) is 0. The Morgan fingerprint density at radius 3 is 2.20 bits per heavy atom. The highest BCUT2D eigenvalue weighted by molar-refractivity contribution is 6.00. The van der Waals surface area contributed by atoms with E-state index in [0.717, 1.165) is 11.8 Å². The van der Waals surface area contributed by atoms with E-state index in [9.17, 15) is 18.5 Å². The first-order valence-corrected chi connectivity index (χ1v) is 9.91. The lowest BCUT2D eigenvalue weighted by Gasteiger charge is -2.37. The first-order chi connectivity index (χ1) is 14.6. The number of rotatable bonds is 4. The lowest BCUT2D eigenvalue weighted by atomic mass is 10.1. The molecule has 4 rings (SSSR count). The number of benzene rings is 2. The number of carbonyl (C=O) groups is 1. The minimum atomic E-state index is -0.618. The minimum Gasteiger partial charge on any atom is -0.378 e. The summed E-state index contributed by atoms with van der Waals surface area (Å²) in [6, 6.07) is 8.52. The summed E-state index contributed by atoms with van der Waals surface area (Å²) in [4.78, 5) is 30.0. The quantitative estimate of drug-likeness (QED) is 0.811. The van der Waals surface area contributed by atoms with Crippen molar-refractivity contribution in [2.75, 3.05) is 62.3 Å². The molecule has 30 heavy (non-hydrogen) atoms. The van der Waals surface area contributed by atoms with E-state index >= 15 is 0 Å². The average molecular weight is 417 g/mol. The van der Waals surface area contributed by atoms with Crippen molar-refractivity contribution in [2.24, 2.45) is 0 Å². The molecule has 0 aromatic heterocycles. The molecule has 9 heteroatoms. The second-order valence-corrected chi connectivity index (χ2v) is 7.31. The Balaban J connectivity index is 1.51. The maximum atomic E-state index is 14.1. The molecule has 2 saturated heterocycles. The van der Waals surface area contributed by atoms with Gasteiger partial charge in [-0.05, 0) is 18.2 Å². The van der Waals surface area contributed by atoms with Gasteiger partial charge in [0.05, 0.1) is 30.2 Å². The van der Waals surface area contributed by atoms with Gasteiger partial charge in [-0.2, -0.15) is 0 Å². The third-order valence-corrected chi connectivity index (χ3v) is 5.51. The van der Waals surface area contributed by atoms with Crippen molar-refractivity contribution in [3.63, 3.8) is 0 Å². The monoisotopic (exact) mass is 417 g/mol. The predicted molar refractivity (Wildman–Crippen MR) is 108 cm³/mol. The molecule has 0 radical (unpaired) electrons. The molecule has 2 aliphatic rings. The van der Waals surface area contributed by atoms with Crippen LogP contribution in [0.15, 0.2) is 36.4 Å². The summed E-state index contributed by atoms with van der Waals surface area (Å²) in [6.45, 7) is 4.15. The predicted octanol–water partition coefficient (Wildman–Crippen LogP) is 1.24. The summed E-state index contributed by atoms with van der Waals surface area (Å²) in [5.41, 5.74) is 1.88. The number of morpholine rings is 1. The second-order valence-electron chi connectivity index (χ2n) is 7.31. The topological polar surface area (TPSA) is 67.1 Å². The Kier molecular flexibility index (Phi) is 5.89. The van der Waals surface area contributed by atoms with Crippen LogP contribution in [-0.2, 0) is 4.74 Å². The Hall–Kier alpha value is -3.07. The zero-order chi connectivity index (χ0) is 21.1. The molecular formula is C21H23F2N4O3+. The molecular weight excluding hydrogens is 394 g/mol. The molecule has 0 saturated carbocycles. The first-order valence-electron chi connectivity index (χ1n) is 9.91. The van der Waals surface area contributed by atoms with E-state index in [0.29, 0.717) is 69.4 Å². The van der Waals surface area contributed by atoms with E-state index in [1.165, 1.54) is 12.1 Å². The van der Waals surface area contributed by atoms with Gasteiger partial charge in [0, 0.05) is 67.6 Å². The number of amides is 1. The van der Waals surface area contributed by atoms with Crippen LogP contribution in [0.3, 0.4) is 0 Å². The fourth-order valence-electron chi connectivity index (χ4n) is 3.91. The molecule has 0 bridgehead atoms. The van der Waals surface area contributed by atoms with Gasteiger partial charge in [-0.1, -0.05) is 0 Å². The van der Waals surface area contributed by atoms with E-state index in [1.54, 1.807) is 28.0 Å². The number of anilines is 2. The zero-order valence-corrected chi connectivity index (χ0v) is 16.4. The smallest absolute Gasteiger partial charge is 0.256 e. The van der Waals surface area contributed by atoms with Crippen molar-refractivity contribution in [1.82, 2.24) is 4.90 Å². The van der Waals surface area contributed by atoms with Crippen LogP contribution in [0.25, 0.3) is 0 Å². The third kappa shape index (κ3) is 4.11. The number of hydrogen-bond donors (Lipinski definition) is 1. The Morgan fingerprint density at radius 1 is 0.867 bits per heavy atom. The van der Waals surface area contributed by atoms with Crippen LogP contribution in [0, 0.1) is 16.5 Å². The molecule has 2 aliphatic heterocycles. The number of ether oxygens (including phenoxy) is 1. The highest BCUT2D eigenvalue weighted by Gasteiger charge is 2.28. The normalized spacial score (nSPS) is 17.2. The van der Waals surface area contributed by atoms with Gasteiger partial charge in [-0.3, -0.25) is 4.79 Å². The van der Waals surface area contributed by atoms with Gasteiger partial charge in [0.2, 0.25) is 0 Å². The summed E-state index contributed by atoms with van der Waals surface area (Å²) in [5, 5.41) is 1.85. The summed E-state index contributed by atoms with van der Waals surface area (Å²) >= 11 is 0. The molecule has 2 fully saturated rings. The largest absolute Gasteiger partial charge is 0.378 e. The molecule has 0 aliphatic carbocycles. The number of halogens is 2. The fourth-order valence-corrected chi connectivity index (χ4v) is 3.91. The molecule has 0 unspecified atom stereocenters. The van der Waals surface area contributed by atoms with Crippen molar-refractivity contribution in [3.8, 4) is 0 Å². The maximum Gasteiger partial charge on any atom is 0.256 e. The molecule has 2 aromatic carbocycles. The van der Waals surface area contributed by atoms with Crippen LogP contribution in [-0.4, -0.2) is 63.3 Å². The van der Waals surface area contributed by atoms with Crippen molar-refractivity contribution in [3.05, 3.63) is 58.5 Å². The maximum absolute atomic E-state index is 14.1. The molecule has 7 nitrogen and oxygen atoms in total. The Labute approximate surface area is 172 Å². The average Bonchev–Trinajstić information content (AvgIpc) is 2.79. The lowest BCUT2D eigenvalue weighted by molar-refractivity contribution is -0.379. The van der Waals surface area contributed by atoms with Crippen molar-refractivity contribution in [2.45, 2.75) is 0 Å². The standard InChI is InChI=1S/C21H22F2N4O3/c22-15-1-3-20(18(23)13-15)25-5-7-27(8-6-25)21(28)17-14-16(24-29)2-4-19(17)26-9-11-30-12-10-26/h1-4,13-14H,5-12H2/p+1. The van der Waals surface area contributed by atoms with E-state index in [-0.39, 0.29) is 5.91 Å². The molecule has 2 aromatic rings. The highest BCUT2D eigenvalue weighted by Crippen LogP contribution is 2.27. The SMILES string of the molecule is O=[NH+]c1ccc(N2CCOCC2)c(C(=O)N2CCN(c3ccc(F)cc3F)CC2)c1. The fraction of sp³-hybridized carbons (Fsp3) is 0.381. The number of nitrogens with one attached hydrogen (secondary N) is 1. The van der Waals surface area contributed by atoms with E-state index in [2.05, 4.69) is 4.90 Å². The Morgan fingerprint density at radius 2 is 1.53 bits per heavy atom. The highest BCUT2D eigenvalue weighted by atomic mass is 19.1. The van der Waals surface area contributed by atoms with Crippen molar-refractivity contribution in [1.29, 1.82) is 0 Å². The van der Waals surface area contributed by atoms with Gasteiger partial charge >= 0.3 is 0 Å². The van der Waals surface area contributed by atoms with E-state index < -0.39 is 11.6 Å². The number of nitrogens with zero attached hydrogens (tertiary/aromatic N) is 3. The second kappa shape index (κ2) is 8.74. The van der Waals surface area contributed by atoms with E-state index in [1.807, 2.05) is 5.18 Å². The van der Waals surface area contributed by atoms with Crippen LogP contribution >= 0.6 is 0 Å². The minimum absolute atomic E-state index is 0.173. The van der Waals surface area contributed by atoms with E-state index in [4.69, 9.17) is 4.74 Å². The van der Waals surface area contributed by atoms with Gasteiger partial charge in [-0.15, -0.1) is 0 Å². The van der Waals surface area contributed by atoms with Crippen LogP contribution in [0.5, 0.6) is 0 Å². The van der Waals surface area contributed by atoms with Gasteiger partial charge in [-0.25, -0.2) is 8.78 Å².